The van der Waals surface area contributed by atoms with E-state index in [0.717, 1.165) is 20.9 Å². The first-order valence-corrected chi connectivity index (χ1v) is 8.24. The zero-order valence-electron chi connectivity index (χ0n) is 11.2. The van der Waals surface area contributed by atoms with Gasteiger partial charge in [0, 0.05) is 15.4 Å². The number of halogens is 1. The number of benzene rings is 1. The lowest BCUT2D eigenvalue weighted by atomic mass is 10.1. The number of nitrogens with zero attached hydrogens (tertiary/aromatic N) is 4. The second-order valence-electron chi connectivity index (χ2n) is 5.17. The summed E-state index contributed by atoms with van der Waals surface area (Å²) < 4.78 is 3.01. The molecule has 5 nitrogen and oxygen atoms in total. The van der Waals surface area contributed by atoms with Crippen molar-refractivity contribution in [1.29, 1.82) is 0 Å². The summed E-state index contributed by atoms with van der Waals surface area (Å²) in [6.07, 6.45) is 3.22. The fourth-order valence-electron chi connectivity index (χ4n) is 2.01. The van der Waals surface area contributed by atoms with Crippen LogP contribution in [0.1, 0.15) is 31.4 Å². The van der Waals surface area contributed by atoms with Gasteiger partial charge in [0.2, 0.25) is 5.16 Å². The molecule has 7 heteroatoms. The van der Waals surface area contributed by atoms with Crippen molar-refractivity contribution < 1.29 is 0 Å². The van der Waals surface area contributed by atoms with Crippen LogP contribution in [-0.4, -0.2) is 26.2 Å². The van der Waals surface area contributed by atoms with Gasteiger partial charge in [0.1, 0.15) is 0 Å². The van der Waals surface area contributed by atoms with Crippen LogP contribution in [0, 0.1) is 0 Å². The molecule has 0 bridgehead atoms. The molecule has 1 aliphatic carbocycles. The zero-order chi connectivity index (χ0) is 14.1. The van der Waals surface area contributed by atoms with Crippen molar-refractivity contribution in [2.45, 2.75) is 48.3 Å². The van der Waals surface area contributed by atoms with Crippen LogP contribution in [0.25, 0.3) is 0 Å². The molecule has 0 radical (unpaired) electrons. The lowest BCUT2D eigenvalue weighted by Crippen LogP contribution is -2.17. The minimum Gasteiger partial charge on any atom is -0.328 e. The highest BCUT2D eigenvalue weighted by Crippen LogP contribution is 2.38. The molecule has 0 saturated heterocycles. The van der Waals surface area contributed by atoms with Gasteiger partial charge in [-0.3, -0.25) is 0 Å². The second kappa shape index (κ2) is 5.83. The summed E-state index contributed by atoms with van der Waals surface area (Å²) >= 11 is 5.21. The molecule has 1 fully saturated rings. The van der Waals surface area contributed by atoms with Crippen LogP contribution in [0.5, 0.6) is 0 Å². The van der Waals surface area contributed by atoms with Gasteiger partial charge in [0.25, 0.3) is 0 Å². The molecule has 0 amide bonds. The van der Waals surface area contributed by atoms with Crippen LogP contribution in [0.4, 0.5) is 0 Å². The van der Waals surface area contributed by atoms with E-state index in [-0.39, 0.29) is 6.04 Å². The molecule has 1 aromatic heterocycles. The Kier molecular flexibility index (Phi) is 4.09. The lowest BCUT2D eigenvalue weighted by Gasteiger charge is -2.09. The van der Waals surface area contributed by atoms with E-state index in [9.17, 15) is 0 Å². The summed E-state index contributed by atoms with van der Waals surface area (Å²) in [5.41, 5.74) is 7.07. The van der Waals surface area contributed by atoms with E-state index in [0.29, 0.717) is 6.04 Å². The quantitative estimate of drug-likeness (QED) is 0.894. The molecule has 2 aromatic rings. The third-order valence-electron chi connectivity index (χ3n) is 3.13. The fraction of sp³-hybridized carbons (Fsp3) is 0.462. The van der Waals surface area contributed by atoms with Crippen molar-refractivity contribution in [2.75, 3.05) is 0 Å². The van der Waals surface area contributed by atoms with Gasteiger partial charge in [-0.15, -0.1) is 5.10 Å². The summed E-state index contributed by atoms with van der Waals surface area (Å²) in [7, 11) is 0. The van der Waals surface area contributed by atoms with E-state index in [1.165, 1.54) is 18.4 Å². The SMILES string of the molecule is CC(N)Cc1ccc(Sc2nnnn2C2CC2)cc1Br. The highest BCUT2D eigenvalue weighted by Gasteiger charge is 2.28. The molecule has 106 valence electrons. The van der Waals surface area contributed by atoms with Crippen LogP contribution < -0.4 is 5.73 Å². The van der Waals surface area contributed by atoms with Crippen LogP contribution in [0.15, 0.2) is 32.7 Å². The van der Waals surface area contributed by atoms with Crippen molar-refractivity contribution in [3.63, 3.8) is 0 Å². The Morgan fingerprint density at radius 1 is 1.50 bits per heavy atom. The normalized spacial score (nSPS) is 16.4. The number of tetrazole rings is 1. The Hall–Kier alpha value is -0.920. The highest BCUT2D eigenvalue weighted by atomic mass is 79.9. The van der Waals surface area contributed by atoms with Crippen molar-refractivity contribution >= 4 is 27.7 Å². The van der Waals surface area contributed by atoms with Gasteiger partial charge >= 0.3 is 0 Å². The van der Waals surface area contributed by atoms with Gasteiger partial charge in [-0.2, -0.15) is 0 Å². The minimum atomic E-state index is 0.159. The smallest absolute Gasteiger partial charge is 0.214 e. The van der Waals surface area contributed by atoms with Gasteiger partial charge < -0.3 is 5.73 Å². The van der Waals surface area contributed by atoms with Gasteiger partial charge in [-0.25, -0.2) is 4.68 Å². The average molecular weight is 354 g/mol. The fourth-order valence-corrected chi connectivity index (χ4v) is 3.58. The first kappa shape index (κ1) is 14.0. The second-order valence-corrected chi connectivity index (χ2v) is 7.07. The molecule has 3 rings (SSSR count). The Labute approximate surface area is 130 Å². The van der Waals surface area contributed by atoms with E-state index >= 15 is 0 Å². The zero-order valence-corrected chi connectivity index (χ0v) is 13.6. The third-order valence-corrected chi connectivity index (χ3v) is 4.81. The number of aromatic nitrogens is 4. The standard InChI is InChI=1S/C13H16BrN5S/c1-8(15)6-9-2-5-11(7-12(9)14)20-13-16-17-18-19(13)10-3-4-10/h2,5,7-8,10H,3-4,6,15H2,1H3. The molecule has 1 unspecified atom stereocenters. The molecule has 2 N–H and O–H groups in total. The summed E-state index contributed by atoms with van der Waals surface area (Å²) in [5.74, 6) is 0. The Bertz CT molecular complexity index is 609. The summed E-state index contributed by atoms with van der Waals surface area (Å²) in [5, 5.41) is 12.8. The van der Waals surface area contributed by atoms with Crippen molar-refractivity contribution in [2.24, 2.45) is 5.73 Å². The maximum Gasteiger partial charge on any atom is 0.214 e. The first-order valence-electron chi connectivity index (χ1n) is 6.63. The highest BCUT2D eigenvalue weighted by molar-refractivity contribution is 9.10. The van der Waals surface area contributed by atoms with Crippen LogP contribution in [0.3, 0.4) is 0 Å². The monoisotopic (exact) mass is 353 g/mol. The van der Waals surface area contributed by atoms with E-state index in [4.69, 9.17) is 5.73 Å². The maximum atomic E-state index is 5.85. The van der Waals surface area contributed by atoms with Crippen molar-refractivity contribution in [1.82, 2.24) is 20.2 Å². The maximum absolute atomic E-state index is 5.85. The molecule has 1 heterocycles. The Balaban J connectivity index is 1.77. The molecular formula is C13H16BrN5S. The first-order chi connectivity index (χ1) is 9.63. The number of nitrogens with two attached hydrogens (primary N) is 1. The summed E-state index contributed by atoms with van der Waals surface area (Å²) in [4.78, 5) is 1.13. The number of hydrogen-bond acceptors (Lipinski definition) is 5. The van der Waals surface area contributed by atoms with E-state index in [1.807, 2.05) is 11.6 Å². The molecule has 0 aliphatic heterocycles. The van der Waals surface area contributed by atoms with Crippen LogP contribution in [-0.2, 0) is 6.42 Å². The number of rotatable bonds is 5. The van der Waals surface area contributed by atoms with Gasteiger partial charge in [-0.05, 0) is 66.1 Å². The molecule has 1 saturated carbocycles. The van der Waals surface area contributed by atoms with Crippen molar-refractivity contribution in [3.8, 4) is 0 Å². The molecule has 20 heavy (non-hydrogen) atoms. The van der Waals surface area contributed by atoms with Gasteiger partial charge in [0.05, 0.1) is 6.04 Å². The third kappa shape index (κ3) is 3.21. The molecule has 1 aromatic carbocycles. The van der Waals surface area contributed by atoms with Crippen LogP contribution >= 0.6 is 27.7 Å². The predicted octanol–water partition coefficient (Wildman–Crippen LogP) is 2.81. The minimum absolute atomic E-state index is 0.159. The van der Waals surface area contributed by atoms with E-state index in [1.54, 1.807) is 11.8 Å². The largest absolute Gasteiger partial charge is 0.328 e. The van der Waals surface area contributed by atoms with E-state index in [2.05, 4.69) is 49.7 Å². The number of hydrogen-bond donors (Lipinski definition) is 1. The van der Waals surface area contributed by atoms with E-state index < -0.39 is 0 Å². The van der Waals surface area contributed by atoms with Crippen molar-refractivity contribution in [3.05, 3.63) is 28.2 Å². The molecule has 0 spiro atoms. The average Bonchev–Trinajstić information content (AvgIpc) is 3.13. The van der Waals surface area contributed by atoms with Gasteiger partial charge in [0.15, 0.2) is 0 Å². The predicted molar refractivity (Wildman–Crippen MR) is 81.7 cm³/mol. The van der Waals surface area contributed by atoms with Crippen LogP contribution in [0.2, 0.25) is 0 Å². The molecular weight excluding hydrogens is 338 g/mol. The lowest BCUT2D eigenvalue weighted by molar-refractivity contribution is 0.565. The van der Waals surface area contributed by atoms with Gasteiger partial charge in [-0.1, -0.05) is 22.0 Å². The molecule has 1 atom stereocenters. The summed E-state index contributed by atoms with van der Waals surface area (Å²) in [6, 6.07) is 6.97. The Morgan fingerprint density at radius 3 is 2.95 bits per heavy atom. The molecule has 1 aliphatic rings. The summed E-state index contributed by atoms with van der Waals surface area (Å²) in [6.45, 7) is 2.01. The Morgan fingerprint density at radius 2 is 2.30 bits per heavy atom. The topological polar surface area (TPSA) is 69.6 Å².